The van der Waals surface area contributed by atoms with Crippen LogP contribution in [-0.4, -0.2) is 100 Å². The average molecular weight is 835 g/mol. The number of halogens is 5. The molecule has 3 amide bonds. The molecule has 3 N–H and O–H groups in total. The van der Waals surface area contributed by atoms with Crippen molar-refractivity contribution in [2.24, 2.45) is 11.3 Å². The number of benzene rings is 1. The number of hydrogen-bond acceptors (Lipinski definition) is 10. The number of nitrogens with one attached hydrogen (secondary N) is 3. The molecule has 1 saturated heterocycles. The summed E-state index contributed by atoms with van der Waals surface area (Å²) in [6.07, 6.45) is 1.55. The summed E-state index contributed by atoms with van der Waals surface area (Å²) >= 11 is 16.9. The van der Waals surface area contributed by atoms with Crippen molar-refractivity contribution in [2.45, 2.75) is 88.4 Å². The van der Waals surface area contributed by atoms with Gasteiger partial charge >= 0.3 is 18.0 Å². The third-order valence-corrected chi connectivity index (χ3v) is 8.57. The van der Waals surface area contributed by atoms with E-state index in [1.54, 1.807) is 52.8 Å². The van der Waals surface area contributed by atoms with Gasteiger partial charge in [0.2, 0.25) is 3.79 Å². The Labute approximate surface area is 334 Å². The summed E-state index contributed by atoms with van der Waals surface area (Å²) in [6.45, 7) is 6.88. The normalized spacial score (nSPS) is 16.4. The molecule has 1 aromatic carbocycles. The molecule has 55 heavy (non-hydrogen) atoms. The standard InChI is InChI=1S/C37H48Cl3F2N5O8/c1-22(2)29(30(48)44-23(3)31(49)47-17-7-8-27(46-47)32(50)53-21-37(38,39)40)54-33(51)36(19-41,20-42)15-13-24-9-10-25-11-12-26(45-28(25)18-24)14-16-43-34(52)55-35(4,5)6/h9-13,15,18,22-23,27,29,46H,7-8,14,16-17,19-21H2,1-6H3,(H,43,52)(H,44,48)/b15-13+/t23-,27-,29-/m0/s1. The van der Waals surface area contributed by atoms with Crippen molar-refractivity contribution in [3.63, 3.8) is 0 Å². The Bertz CT molecular complexity index is 1720. The topological polar surface area (TPSA) is 165 Å². The SMILES string of the molecule is CC(C)[C@H](OC(=O)C(/C=C/c1ccc2ccc(CCNC(=O)OC(C)(C)C)nc2c1)(CF)CF)C(=O)N[C@@H](C)C(=O)N1CCC[C@@H](C(=O)OCC(Cl)(Cl)Cl)N1. The van der Waals surface area contributed by atoms with Crippen molar-refractivity contribution in [1.29, 1.82) is 0 Å². The van der Waals surface area contributed by atoms with E-state index in [1.807, 2.05) is 12.1 Å². The summed E-state index contributed by atoms with van der Waals surface area (Å²) in [5.41, 5.74) is 1.49. The smallest absolute Gasteiger partial charge is 0.407 e. The molecule has 304 valence electrons. The van der Waals surface area contributed by atoms with E-state index in [9.17, 15) is 32.8 Å². The lowest BCUT2D eigenvalue weighted by molar-refractivity contribution is -0.168. The van der Waals surface area contributed by atoms with Crippen LogP contribution in [0.15, 0.2) is 36.4 Å². The van der Waals surface area contributed by atoms with Crippen LogP contribution in [0.1, 0.15) is 65.6 Å². The Balaban J connectivity index is 1.66. The lowest BCUT2D eigenvalue weighted by atomic mass is 9.89. The molecular weight excluding hydrogens is 787 g/mol. The second-order valence-electron chi connectivity index (χ2n) is 14.5. The van der Waals surface area contributed by atoms with Gasteiger partial charge in [-0.15, -0.1) is 0 Å². The van der Waals surface area contributed by atoms with Crippen LogP contribution in [0.4, 0.5) is 13.6 Å². The van der Waals surface area contributed by atoms with E-state index in [-0.39, 0.29) is 13.1 Å². The first-order chi connectivity index (χ1) is 25.7. The minimum atomic E-state index is -2.37. The number of alkyl carbamates (subject to hydrolysis) is 1. The number of esters is 2. The van der Waals surface area contributed by atoms with Gasteiger partial charge in [-0.25, -0.2) is 19.0 Å². The quantitative estimate of drug-likeness (QED) is 0.115. The van der Waals surface area contributed by atoms with Crippen molar-refractivity contribution >= 4 is 81.6 Å². The number of aromatic nitrogens is 1. The van der Waals surface area contributed by atoms with E-state index >= 15 is 0 Å². The summed E-state index contributed by atoms with van der Waals surface area (Å²) in [4.78, 5) is 69.0. The number of alkyl halides is 5. The van der Waals surface area contributed by atoms with Gasteiger partial charge in [0.05, 0.1) is 5.52 Å². The molecule has 0 aliphatic carbocycles. The van der Waals surface area contributed by atoms with Crippen molar-refractivity contribution < 1.29 is 47.0 Å². The lowest BCUT2D eigenvalue weighted by Crippen LogP contribution is -2.60. The lowest BCUT2D eigenvalue weighted by Gasteiger charge is -2.35. The highest BCUT2D eigenvalue weighted by Gasteiger charge is 2.42. The van der Waals surface area contributed by atoms with E-state index in [4.69, 9.17) is 49.0 Å². The van der Waals surface area contributed by atoms with Crippen LogP contribution in [0.3, 0.4) is 0 Å². The van der Waals surface area contributed by atoms with Gasteiger partial charge in [-0.2, -0.15) is 0 Å². The largest absolute Gasteiger partial charge is 0.460 e. The molecule has 18 heteroatoms. The van der Waals surface area contributed by atoms with Crippen LogP contribution in [0.2, 0.25) is 0 Å². The molecule has 0 radical (unpaired) electrons. The van der Waals surface area contributed by atoms with Crippen LogP contribution in [0.25, 0.3) is 17.0 Å². The molecule has 1 aliphatic heterocycles. The first kappa shape index (κ1) is 45.6. The monoisotopic (exact) mass is 833 g/mol. The van der Waals surface area contributed by atoms with Gasteiger partial charge in [0.1, 0.15) is 43.1 Å². The third-order valence-electron chi connectivity index (χ3n) is 8.24. The van der Waals surface area contributed by atoms with Gasteiger partial charge in [0.25, 0.3) is 11.8 Å². The van der Waals surface area contributed by atoms with Crippen LogP contribution in [0.5, 0.6) is 0 Å². The van der Waals surface area contributed by atoms with Gasteiger partial charge in [-0.3, -0.25) is 29.2 Å². The zero-order chi connectivity index (χ0) is 41.1. The number of fused-ring (bicyclic) bond motifs is 1. The van der Waals surface area contributed by atoms with E-state index in [2.05, 4.69) is 21.0 Å². The van der Waals surface area contributed by atoms with Gasteiger partial charge in [-0.05, 0) is 64.2 Å². The van der Waals surface area contributed by atoms with E-state index in [0.29, 0.717) is 36.0 Å². The molecule has 3 rings (SSSR count). The van der Waals surface area contributed by atoms with E-state index in [0.717, 1.165) is 16.5 Å². The third kappa shape index (κ3) is 14.0. The van der Waals surface area contributed by atoms with Gasteiger partial charge in [0.15, 0.2) is 6.10 Å². The maximum atomic E-state index is 14.6. The molecular formula is C37H48Cl3F2N5O8. The highest BCUT2D eigenvalue weighted by atomic mass is 35.6. The molecule has 0 unspecified atom stereocenters. The number of amides is 3. The highest BCUT2D eigenvalue weighted by Crippen LogP contribution is 2.28. The molecule has 2 heterocycles. The summed E-state index contributed by atoms with van der Waals surface area (Å²) < 4.78 is 43.0. The van der Waals surface area contributed by atoms with Crippen LogP contribution in [-0.2, 0) is 39.8 Å². The first-order valence-electron chi connectivity index (χ1n) is 17.7. The van der Waals surface area contributed by atoms with Crippen molar-refractivity contribution in [2.75, 3.05) is 33.0 Å². The fourth-order valence-electron chi connectivity index (χ4n) is 5.27. The maximum Gasteiger partial charge on any atom is 0.407 e. The number of nitrogens with zero attached hydrogens (tertiary/aromatic N) is 2. The molecule has 2 aromatic rings. The number of carbonyl (C=O) groups is 5. The van der Waals surface area contributed by atoms with E-state index < -0.39 is 88.7 Å². The van der Waals surface area contributed by atoms with Gasteiger partial charge < -0.3 is 24.8 Å². The molecule has 0 bridgehead atoms. The molecule has 1 fully saturated rings. The maximum absolute atomic E-state index is 14.6. The number of pyridine rings is 1. The zero-order valence-corrected chi connectivity index (χ0v) is 33.8. The van der Waals surface area contributed by atoms with Crippen molar-refractivity contribution in [3.05, 3.63) is 47.7 Å². The van der Waals surface area contributed by atoms with Crippen molar-refractivity contribution in [1.82, 2.24) is 26.1 Å². The minimum Gasteiger partial charge on any atom is -0.460 e. The first-order valence-corrected chi connectivity index (χ1v) is 18.8. The average Bonchev–Trinajstić information content (AvgIpc) is 3.11. The zero-order valence-electron chi connectivity index (χ0n) is 31.6. The molecule has 0 saturated carbocycles. The Morgan fingerprint density at radius 1 is 1.05 bits per heavy atom. The summed E-state index contributed by atoms with van der Waals surface area (Å²) in [5.74, 6) is -4.18. The number of hydrogen-bond donors (Lipinski definition) is 3. The highest BCUT2D eigenvalue weighted by molar-refractivity contribution is 6.67. The second-order valence-corrected chi connectivity index (χ2v) is 17.0. The predicted molar refractivity (Wildman–Crippen MR) is 205 cm³/mol. The number of carbonyl (C=O) groups excluding carboxylic acids is 5. The van der Waals surface area contributed by atoms with Crippen LogP contribution < -0.4 is 16.1 Å². The van der Waals surface area contributed by atoms with Crippen LogP contribution >= 0.6 is 34.8 Å². The van der Waals surface area contributed by atoms with E-state index in [1.165, 1.54) is 13.0 Å². The minimum absolute atomic E-state index is 0.208. The Hall–Kier alpha value is -3.79. The summed E-state index contributed by atoms with van der Waals surface area (Å²) in [6, 6.07) is 6.71. The number of rotatable bonds is 15. The number of ether oxygens (including phenoxy) is 3. The summed E-state index contributed by atoms with van der Waals surface area (Å²) in [5, 5.41) is 7.11. The molecule has 3 atom stereocenters. The fourth-order valence-corrected chi connectivity index (χ4v) is 5.43. The number of hydrazine groups is 1. The molecule has 1 aliphatic rings. The predicted octanol–water partition coefficient (Wildman–Crippen LogP) is 5.72. The Morgan fingerprint density at radius 2 is 1.73 bits per heavy atom. The fraction of sp³-hybridized carbons (Fsp3) is 0.568. The van der Waals surface area contributed by atoms with Gasteiger partial charge in [0, 0.05) is 30.6 Å². The van der Waals surface area contributed by atoms with Gasteiger partial charge in [-0.1, -0.05) is 79.0 Å². The Morgan fingerprint density at radius 3 is 2.35 bits per heavy atom. The Kier molecular flexibility index (Phi) is 16.5. The molecule has 13 nitrogen and oxygen atoms in total. The summed E-state index contributed by atoms with van der Waals surface area (Å²) in [7, 11) is 0. The van der Waals surface area contributed by atoms with Crippen molar-refractivity contribution in [3.8, 4) is 0 Å². The molecule has 0 spiro atoms. The van der Waals surface area contributed by atoms with Crippen LogP contribution in [0, 0.1) is 11.3 Å². The molecule has 1 aromatic heterocycles. The second kappa shape index (κ2) is 19.9.